The van der Waals surface area contributed by atoms with Crippen molar-refractivity contribution < 1.29 is 61.4 Å². The summed E-state index contributed by atoms with van der Waals surface area (Å²) in [5.41, 5.74) is -3.32. The van der Waals surface area contributed by atoms with Gasteiger partial charge in [0.15, 0.2) is 11.8 Å². The number of phosphoric acid groups is 3. The lowest BCUT2D eigenvalue weighted by molar-refractivity contribution is -0.126. The molecule has 1 fully saturated rings. The summed E-state index contributed by atoms with van der Waals surface area (Å²) in [6, 6.07) is 0. The lowest BCUT2D eigenvalue weighted by Gasteiger charge is -2.38. The number of aliphatic hydroxyl groups is 2. The smallest absolute Gasteiger partial charge is 0.386 e. The van der Waals surface area contributed by atoms with E-state index in [1.807, 2.05) is 5.92 Å². The molecule has 0 spiro atoms. The monoisotopic (exact) mass is 532 g/mol. The van der Waals surface area contributed by atoms with E-state index in [1.54, 1.807) is 6.92 Å². The average Bonchev–Trinajstić information content (AvgIpc) is 2.82. The third-order valence-corrected chi connectivity index (χ3v) is 8.36. The van der Waals surface area contributed by atoms with Gasteiger partial charge in [0.25, 0.3) is 0 Å². The molecule has 0 bridgehead atoms. The highest BCUT2D eigenvalue weighted by Gasteiger charge is 2.63. The molecule has 0 aliphatic carbocycles. The van der Waals surface area contributed by atoms with E-state index >= 15 is 0 Å². The molecule has 3 unspecified atom stereocenters. The molecule has 0 aromatic heterocycles. The van der Waals surface area contributed by atoms with Gasteiger partial charge in [-0.05, 0) is 19.4 Å². The number of aliphatic hydroxyl groups excluding tert-OH is 1. The van der Waals surface area contributed by atoms with Gasteiger partial charge < -0.3 is 44.7 Å². The topological polar surface area (TPSA) is 225 Å². The fourth-order valence-corrected chi connectivity index (χ4v) is 6.08. The standard InChI is InChI=1S/C15H23N2O13P3/c1-6-15(19)12(18)14(5,28-13(15)17-7-9(2)10(3)16-11(17)4)8-27-32(23,24)30-33(25,26)29-31(20,21)22/h1,7,12-13,16,18-19H,3-4,8H2,2,5H3,(H,23,24)(H,25,26)(H2,20,21,22)/t12-,13+,14+,15?/m0/s1. The van der Waals surface area contributed by atoms with Gasteiger partial charge in [-0.3, -0.25) is 4.52 Å². The van der Waals surface area contributed by atoms with Crippen molar-refractivity contribution in [3.63, 3.8) is 0 Å². The maximum Gasteiger partial charge on any atom is 0.490 e. The van der Waals surface area contributed by atoms with Crippen LogP contribution in [0.5, 0.6) is 0 Å². The summed E-state index contributed by atoms with van der Waals surface area (Å²) in [6.45, 7) is 9.26. The molecule has 0 radical (unpaired) electrons. The van der Waals surface area contributed by atoms with Crippen LogP contribution >= 0.6 is 23.5 Å². The Morgan fingerprint density at radius 3 is 2.33 bits per heavy atom. The molecule has 0 aromatic carbocycles. The van der Waals surface area contributed by atoms with E-state index in [9.17, 15) is 33.7 Å². The molecule has 0 amide bonds. The van der Waals surface area contributed by atoms with Gasteiger partial charge in [-0.15, -0.1) is 6.42 Å². The molecule has 0 saturated carbocycles. The zero-order valence-corrected chi connectivity index (χ0v) is 19.9. The fourth-order valence-electron chi connectivity index (χ4n) is 2.97. The zero-order chi connectivity index (χ0) is 25.6. The van der Waals surface area contributed by atoms with Crippen LogP contribution < -0.4 is 5.32 Å². The summed E-state index contributed by atoms with van der Waals surface area (Å²) in [7, 11) is -16.9. The molecule has 0 aromatic rings. The third kappa shape index (κ3) is 6.22. The summed E-state index contributed by atoms with van der Waals surface area (Å²) in [6.07, 6.45) is 3.45. The minimum Gasteiger partial charge on any atom is -0.386 e. The SMILES string of the molecule is C#CC1(O)[C@@H](O)[C@@](C)(COP(=O)(O)OP(=O)(O)OP(=O)(O)O)O[C@H]1N1C=C(C)C(=C)NC1=C. The van der Waals surface area contributed by atoms with Crippen molar-refractivity contribution in [2.24, 2.45) is 0 Å². The lowest BCUT2D eigenvalue weighted by atomic mass is 9.88. The Bertz CT molecular complexity index is 1060. The van der Waals surface area contributed by atoms with Crippen LogP contribution in [0.15, 0.2) is 36.4 Å². The molecule has 33 heavy (non-hydrogen) atoms. The van der Waals surface area contributed by atoms with Gasteiger partial charge in [0, 0.05) is 11.9 Å². The van der Waals surface area contributed by atoms with E-state index in [0.29, 0.717) is 11.3 Å². The number of nitrogens with one attached hydrogen (secondary N) is 1. The molecular weight excluding hydrogens is 509 g/mol. The van der Waals surface area contributed by atoms with Crippen LogP contribution in [-0.2, 0) is 31.6 Å². The highest BCUT2D eigenvalue weighted by molar-refractivity contribution is 7.66. The number of nitrogens with zero attached hydrogens (tertiary/aromatic N) is 1. The Hall–Kier alpha value is -1.33. The molecule has 18 heteroatoms. The minimum absolute atomic E-state index is 0.161. The molecule has 186 valence electrons. The van der Waals surface area contributed by atoms with E-state index in [0.717, 1.165) is 6.92 Å². The van der Waals surface area contributed by atoms with E-state index in [-0.39, 0.29) is 5.82 Å². The molecule has 2 aliphatic rings. The van der Waals surface area contributed by atoms with Crippen LogP contribution in [0.25, 0.3) is 0 Å². The number of allylic oxidation sites excluding steroid dienone is 1. The summed E-state index contributed by atoms with van der Waals surface area (Å²) in [4.78, 5) is 37.3. The Kier molecular flexibility index (Phi) is 7.64. The maximum atomic E-state index is 12.0. The van der Waals surface area contributed by atoms with Crippen LogP contribution in [0.2, 0.25) is 0 Å². The Morgan fingerprint density at radius 1 is 1.24 bits per heavy atom. The number of rotatable bonds is 8. The van der Waals surface area contributed by atoms with Crippen molar-refractivity contribution in [3.05, 3.63) is 36.4 Å². The third-order valence-electron chi connectivity index (χ3n) is 4.58. The molecule has 6 atom stereocenters. The summed E-state index contributed by atoms with van der Waals surface area (Å²) >= 11 is 0. The van der Waals surface area contributed by atoms with Crippen molar-refractivity contribution in [1.82, 2.24) is 10.2 Å². The molecule has 2 rings (SSSR count). The highest BCUT2D eigenvalue weighted by Crippen LogP contribution is 2.66. The number of terminal acetylenes is 1. The van der Waals surface area contributed by atoms with Crippen LogP contribution in [0.4, 0.5) is 0 Å². The second-order valence-corrected chi connectivity index (χ2v) is 11.7. The van der Waals surface area contributed by atoms with Crippen LogP contribution in [-0.4, -0.2) is 64.8 Å². The zero-order valence-electron chi connectivity index (χ0n) is 17.3. The van der Waals surface area contributed by atoms with Crippen LogP contribution in [0.3, 0.4) is 0 Å². The Balaban J connectivity index is 2.26. The number of hydrogen-bond acceptors (Lipinski definition) is 11. The summed E-state index contributed by atoms with van der Waals surface area (Å²) in [5, 5.41) is 24.5. The highest BCUT2D eigenvalue weighted by atomic mass is 31.3. The van der Waals surface area contributed by atoms with Crippen molar-refractivity contribution in [1.29, 1.82) is 0 Å². The number of ether oxygens (including phenoxy) is 1. The van der Waals surface area contributed by atoms with Gasteiger partial charge in [0.1, 0.15) is 17.5 Å². The first-order valence-corrected chi connectivity index (χ1v) is 13.2. The summed E-state index contributed by atoms with van der Waals surface area (Å²) in [5.74, 6) is 2.17. The second kappa shape index (κ2) is 9.03. The Labute approximate surface area is 188 Å². The van der Waals surface area contributed by atoms with Crippen molar-refractivity contribution in [2.75, 3.05) is 6.61 Å². The predicted octanol–water partition coefficient (Wildman–Crippen LogP) is -0.0362. The second-order valence-electron chi connectivity index (χ2n) is 7.29. The van der Waals surface area contributed by atoms with E-state index < -0.39 is 53.6 Å². The predicted molar refractivity (Wildman–Crippen MR) is 110 cm³/mol. The normalized spacial score (nSPS) is 34.2. The minimum atomic E-state index is -5.75. The van der Waals surface area contributed by atoms with Gasteiger partial charge in [-0.1, -0.05) is 19.1 Å². The van der Waals surface area contributed by atoms with Crippen molar-refractivity contribution in [3.8, 4) is 12.3 Å². The van der Waals surface area contributed by atoms with E-state index in [1.165, 1.54) is 11.1 Å². The average molecular weight is 532 g/mol. The number of hydrogen-bond donors (Lipinski definition) is 7. The van der Waals surface area contributed by atoms with Crippen molar-refractivity contribution in [2.45, 2.75) is 37.4 Å². The Morgan fingerprint density at radius 2 is 1.82 bits per heavy atom. The van der Waals surface area contributed by atoms with E-state index in [2.05, 4.69) is 31.6 Å². The van der Waals surface area contributed by atoms with Crippen molar-refractivity contribution >= 4 is 23.5 Å². The lowest BCUT2D eigenvalue weighted by Crippen LogP contribution is -2.55. The van der Waals surface area contributed by atoms with Crippen LogP contribution in [0.1, 0.15) is 13.8 Å². The molecule has 7 N–H and O–H groups in total. The van der Waals surface area contributed by atoms with Gasteiger partial charge >= 0.3 is 23.5 Å². The first kappa shape index (κ1) is 27.9. The summed E-state index contributed by atoms with van der Waals surface area (Å²) < 4.78 is 51.6. The van der Waals surface area contributed by atoms with Gasteiger partial charge in [-0.2, -0.15) is 8.62 Å². The molecular formula is C15H23N2O13P3. The number of phosphoric ester groups is 1. The largest absolute Gasteiger partial charge is 0.490 e. The first-order valence-electron chi connectivity index (χ1n) is 8.71. The first-order chi connectivity index (χ1) is 14.8. The maximum absolute atomic E-state index is 12.0. The molecule has 2 heterocycles. The fraction of sp³-hybridized carbons (Fsp3) is 0.467. The van der Waals surface area contributed by atoms with E-state index in [4.69, 9.17) is 20.9 Å². The van der Waals surface area contributed by atoms with Gasteiger partial charge in [0.2, 0.25) is 0 Å². The van der Waals surface area contributed by atoms with Gasteiger partial charge in [0.05, 0.1) is 6.61 Å². The molecule has 2 aliphatic heterocycles. The molecule has 1 saturated heterocycles. The molecule has 15 nitrogen and oxygen atoms in total. The van der Waals surface area contributed by atoms with Crippen LogP contribution in [0, 0.1) is 12.3 Å². The quantitative estimate of drug-likeness (QED) is 0.161. The van der Waals surface area contributed by atoms with Gasteiger partial charge in [-0.25, -0.2) is 13.7 Å².